The Morgan fingerprint density at radius 1 is 1.32 bits per heavy atom. The first-order chi connectivity index (χ1) is 9.00. The van der Waals surface area contributed by atoms with E-state index >= 15 is 0 Å². The van der Waals surface area contributed by atoms with Crippen LogP contribution in [0.2, 0.25) is 0 Å². The smallest absolute Gasteiger partial charge is 0.175 e. The average Bonchev–Trinajstić information content (AvgIpc) is 2.88. The molecule has 0 aliphatic carbocycles. The van der Waals surface area contributed by atoms with E-state index in [4.69, 9.17) is 0 Å². The lowest BCUT2D eigenvalue weighted by atomic mass is 10.0. The van der Waals surface area contributed by atoms with Gasteiger partial charge in [-0.1, -0.05) is 12.1 Å². The second kappa shape index (κ2) is 5.81. The number of aromatic nitrogens is 1. The van der Waals surface area contributed by atoms with Crippen molar-refractivity contribution in [1.82, 2.24) is 10.3 Å². The maximum Gasteiger partial charge on any atom is 0.175 e. The van der Waals surface area contributed by atoms with Gasteiger partial charge in [-0.2, -0.15) is 0 Å². The SMILES string of the molecule is CNC(Cc1cncs1)c1ccc(S(C)(=O)=O)cc1. The molecule has 2 rings (SSSR count). The molecule has 0 saturated carbocycles. The maximum absolute atomic E-state index is 11.4. The monoisotopic (exact) mass is 296 g/mol. The van der Waals surface area contributed by atoms with Crippen molar-refractivity contribution in [3.8, 4) is 0 Å². The number of nitrogens with one attached hydrogen (secondary N) is 1. The van der Waals surface area contributed by atoms with Gasteiger partial charge in [0.15, 0.2) is 9.84 Å². The molecule has 2 aromatic rings. The molecule has 6 heteroatoms. The summed E-state index contributed by atoms with van der Waals surface area (Å²) in [7, 11) is -1.23. The zero-order chi connectivity index (χ0) is 13.9. The van der Waals surface area contributed by atoms with Gasteiger partial charge in [0.25, 0.3) is 0 Å². The van der Waals surface area contributed by atoms with Gasteiger partial charge in [-0.3, -0.25) is 4.98 Å². The molecule has 1 unspecified atom stereocenters. The van der Waals surface area contributed by atoms with Crippen molar-refractivity contribution in [2.24, 2.45) is 0 Å². The average molecular weight is 296 g/mol. The van der Waals surface area contributed by atoms with Crippen LogP contribution in [0.3, 0.4) is 0 Å². The standard InChI is InChI=1S/C13H16N2O2S2/c1-14-13(7-11-8-15-9-18-11)10-3-5-12(6-4-10)19(2,16)17/h3-6,8-9,13-14H,7H2,1-2H3. The van der Waals surface area contributed by atoms with E-state index in [2.05, 4.69) is 10.3 Å². The molecule has 0 amide bonds. The minimum atomic E-state index is -3.13. The van der Waals surface area contributed by atoms with E-state index in [0.717, 1.165) is 12.0 Å². The van der Waals surface area contributed by atoms with E-state index in [1.165, 1.54) is 11.1 Å². The van der Waals surface area contributed by atoms with Crippen LogP contribution in [0.5, 0.6) is 0 Å². The highest BCUT2D eigenvalue weighted by Gasteiger charge is 2.13. The van der Waals surface area contributed by atoms with Gasteiger partial charge < -0.3 is 5.32 Å². The lowest BCUT2D eigenvalue weighted by Crippen LogP contribution is -2.18. The van der Waals surface area contributed by atoms with Gasteiger partial charge in [-0.15, -0.1) is 11.3 Å². The predicted molar refractivity (Wildman–Crippen MR) is 77.2 cm³/mol. The Morgan fingerprint density at radius 2 is 2.00 bits per heavy atom. The summed E-state index contributed by atoms with van der Waals surface area (Å²) in [6.07, 6.45) is 3.92. The number of nitrogens with zero attached hydrogens (tertiary/aromatic N) is 1. The lowest BCUT2D eigenvalue weighted by molar-refractivity contribution is 0.593. The molecule has 1 atom stereocenters. The van der Waals surface area contributed by atoms with E-state index in [-0.39, 0.29) is 6.04 Å². The van der Waals surface area contributed by atoms with E-state index < -0.39 is 9.84 Å². The van der Waals surface area contributed by atoms with Crippen molar-refractivity contribution in [3.05, 3.63) is 46.4 Å². The Labute approximate surface area is 117 Å². The summed E-state index contributed by atoms with van der Waals surface area (Å²) in [5.74, 6) is 0. The third kappa shape index (κ3) is 3.62. The molecular formula is C13H16N2O2S2. The second-order valence-electron chi connectivity index (χ2n) is 4.35. The number of likely N-dealkylation sites (N-methyl/N-ethyl adjacent to an activating group) is 1. The van der Waals surface area contributed by atoms with Crippen LogP contribution in [0.25, 0.3) is 0 Å². The Bertz CT molecular complexity index is 619. The molecule has 0 spiro atoms. The lowest BCUT2D eigenvalue weighted by Gasteiger charge is -2.15. The zero-order valence-electron chi connectivity index (χ0n) is 10.8. The molecule has 102 valence electrons. The van der Waals surface area contributed by atoms with Crippen LogP contribution < -0.4 is 5.32 Å². The Balaban J connectivity index is 2.20. The van der Waals surface area contributed by atoms with Crippen LogP contribution in [-0.2, 0) is 16.3 Å². The molecular weight excluding hydrogens is 280 g/mol. The zero-order valence-corrected chi connectivity index (χ0v) is 12.5. The number of hydrogen-bond donors (Lipinski definition) is 1. The Kier molecular flexibility index (Phi) is 4.34. The molecule has 0 aliphatic heterocycles. The van der Waals surface area contributed by atoms with Gasteiger partial charge in [-0.05, 0) is 24.7 Å². The van der Waals surface area contributed by atoms with Gasteiger partial charge in [-0.25, -0.2) is 8.42 Å². The number of hydrogen-bond acceptors (Lipinski definition) is 5. The van der Waals surface area contributed by atoms with Crippen LogP contribution in [0, 0.1) is 0 Å². The summed E-state index contributed by atoms with van der Waals surface area (Å²) in [4.78, 5) is 5.61. The molecule has 0 bridgehead atoms. The third-order valence-electron chi connectivity index (χ3n) is 2.95. The van der Waals surface area contributed by atoms with Crippen molar-refractivity contribution in [2.75, 3.05) is 13.3 Å². The quantitative estimate of drug-likeness (QED) is 0.917. The molecule has 0 fully saturated rings. The molecule has 1 aromatic heterocycles. The summed E-state index contributed by atoms with van der Waals surface area (Å²) in [5, 5.41) is 3.24. The van der Waals surface area contributed by atoms with Crippen LogP contribution in [0.1, 0.15) is 16.5 Å². The topological polar surface area (TPSA) is 59.1 Å². The molecule has 1 aromatic carbocycles. The number of rotatable bonds is 5. The summed E-state index contributed by atoms with van der Waals surface area (Å²) >= 11 is 1.62. The summed E-state index contributed by atoms with van der Waals surface area (Å²) in [6, 6.07) is 7.19. The van der Waals surface area contributed by atoms with E-state index in [1.54, 1.807) is 23.5 Å². The Hall–Kier alpha value is -1.24. The van der Waals surface area contributed by atoms with Crippen molar-refractivity contribution in [3.63, 3.8) is 0 Å². The fourth-order valence-electron chi connectivity index (χ4n) is 1.88. The minimum Gasteiger partial charge on any atom is -0.313 e. The van der Waals surface area contributed by atoms with Crippen molar-refractivity contribution < 1.29 is 8.42 Å². The van der Waals surface area contributed by atoms with Crippen molar-refractivity contribution >= 4 is 21.2 Å². The fourth-order valence-corrected chi connectivity index (χ4v) is 3.15. The predicted octanol–water partition coefficient (Wildman–Crippen LogP) is 2.05. The van der Waals surface area contributed by atoms with Crippen LogP contribution in [0.15, 0.2) is 40.9 Å². The molecule has 0 aliphatic rings. The minimum absolute atomic E-state index is 0.161. The van der Waals surface area contributed by atoms with Gasteiger partial charge in [0.2, 0.25) is 0 Å². The summed E-state index contributed by atoms with van der Waals surface area (Å²) in [6.45, 7) is 0. The van der Waals surface area contributed by atoms with Gasteiger partial charge in [0.1, 0.15) is 0 Å². The van der Waals surface area contributed by atoms with Gasteiger partial charge in [0.05, 0.1) is 10.4 Å². The van der Waals surface area contributed by atoms with E-state index in [1.807, 2.05) is 30.9 Å². The molecule has 1 heterocycles. The second-order valence-corrected chi connectivity index (χ2v) is 7.34. The van der Waals surface area contributed by atoms with Crippen molar-refractivity contribution in [1.29, 1.82) is 0 Å². The van der Waals surface area contributed by atoms with Crippen LogP contribution in [0.4, 0.5) is 0 Å². The molecule has 19 heavy (non-hydrogen) atoms. The molecule has 0 saturated heterocycles. The summed E-state index contributed by atoms with van der Waals surface area (Å²) in [5.41, 5.74) is 2.89. The maximum atomic E-state index is 11.4. The number of thiazole rings is 1. The van der Waals surface area contributed by atoms with Gasteiger partial charge in [0, 0.05) is 29.8 Å². The van der Waals surface area contributed by atoms with Crippen molar-refractivity contribution in [2.45, 2.75) is 17.4 Å². The normalized spacial score (nSPS) is 13.4. The first-order valence-electron chi connectivity index (χ1n) is 5.85. The highest BCUT2D eigenvalue weighted by atomic mass is 32.2. The number of sulfone groups is 1. The molecule has 4 nitrogen and oxygen atoms in total. The van der Waals surface area contributed by atoms with Crippen LogP contribution in [-0.4, -0.2) is 26.7 Å². The third-order valence-corrected chi connectivity index (χ3v) is 4.88. The molecule has 0 radical (unpaired) electrons. The highest BCUT2D eigenvalue weighted by Crippen LogP contribution is 2.21. The first-order valence-corrected chi connectivity index (χ1v) is 8.62. The Morgan fingerprint density at radius 3 is 2.47 bits per heavy atom. The van der Waals surface area contributed by atoms with E-state index in [9.17, 15) is 8.42 Å². The highest BCUT2D eigenvalue weighted by molar-refractivity contribution is 7.90. The van der Waals surface area contributed by atoms with Gasteiger partial charge >= 0.3 is 0 Å². The number of benzene rings is 1. The summed E-state index contributed by atoms with van der Waals surface area (Å²) < 4.78 is 22.8. The molecule has 1 N–H and O–H groups in total. The largest absolute Gasteiger partial charge is 0.313 e. The van der Waals surface area contributed by atoms with E-state index in [0.29, 0.717) is 4.90 Å². The fraction of sp³-hybridized carbons (Fsp3) is 0.308. The first kappa shape index (κ1) is 14.2. The van der Waals surface area contributed by atoms with Crippen LogP contribution >= 0.6 is 11.3 Å².